The summed E-state index contributed by atoms with van der Waals surface area (Å²) in [7, 11) is 0. The van der Waals surface area contributed by atoms with Gasteiger partial charge in [0.15, 0.2) is 0 Å². The van der Waals surface area contributed by atoms with Crippen LogP contribution in [0.25, 0.3) is 0 Å². The van der Waals surface area contributed by atoms with Crippen LogP contribution in [0.3, 0.4) is 0 Å². The Hall–Kier alpha value is -0.980. The van der Waals surface area contributed by atoms with Gasteiger partial charge >= 0.3 is 0 Å². The van der Waals surface area contributed by atoms with Crippen LogP contribution in [0.5, 0.6) is 5.75 Å². The molecule has 126 valence electrons. The van der Waals surface area contributed by atoms with Crippen LogP contribution >= 0.6 is 0 Å². The molecule has 0 aliphatic heterocycles. The van der Waals surface area contributed by atoms with E-state index in [1.807, 2.05) is 0 Å². The standard InChI is InChI=1S/C21H36O/c1-3-4-5-6-7-8-9-10-11-12-13-14-19(2)20-15-17-21(22)18-16-20/h15-19,22H,3-14H2,1-2H3. The second-order valence-corrected chi connectivity index (χ2v) is 6.82. The molecule has 0 bridgehead atoms. The smallest absolute Gasteiger partial charge is 0.115 e. The van der Waals surface area contributed by atoms with Gasteiger partial charge in [-0.3, -0.25) is 0 Å². The summed E-state index contributed by atoms with van der Waals surface area (Å²) in [6.07, 6.45) is 16.7. The van der Waals surface area contributed by atoms with Crippen LogP contribution in [-0.4, -0.2) is 5.11 Å². The lowest BCUT2D eigenvalue weighted by Crippen LogP contribution is -1.93. The summed E-state index contributed by atoms with van der Waals surface area (Å²) in [6.45, 7) is 4.57. The van der Waals surface area contributed by atoms with Crippen LogP contribution in [0.1, 0.15) is 102 Å². The lowest BCUT2D eigenvalue weighted by atomic mass is 9.94. The first-order valence-electron chi connectivity index (χ1n) is 9.53. The summed E-state index contributed by atoms with van der Waals surface area (Å²) >= 11 is 0. The van der Waals surface area contributed by atoms with E-state index in [0.29, 0.717) is 11.7 Å². The fourth-order valence-electron chi connectivity index (χ4n) is 3.08. The van der Waals surface area contributed by atoms with E-state index in [4.69, 9.17) is 0 Å². The summed E-state index contributed by atoms with van der Waals surface area (Å²) in [5.74, 6) is 0.977. The van der Waals surface area contributed by atoms with E-state index in [1.165, 1.54) is 82.6 Å². The molecule has 0 radical (unpaired) electrons. The first kappa shape index (κ1) is 19.1. The van der Waals surface area contributed by atoms with Gasteiger partial charge in [0.1, 0.15) is 5.75 Å². The molecule has 0 fully saturated rings. The third-order valence-electron chi connectivity index (χ3n) is 4.70. The van der Waals surface area contributed by atoms with E-state index >= 15 is 0 Å². The average molecular weight is 305 g/mol. The molecule has 1 aromatic rings. The largest absolute Gasteiger partial charge is 0.508 e. The first-order chi connectivity index (χ1) is 10.7. The Morgan fingerprint density at radius 2 is 1.18 bits per heavy atom. The molecule has 0 aromatic heterocycles. The number of benzene rings is 1. The minimum Gasteiger partial charge on any atom is -0.508 e. The van der Waals surface area contributed by atoms with Crippen molar-refractivity contribution < 1.29 is 5.11 Å². The molecule has 0 amide bonds. The SMILES string of the molecule is CCCCCCCCCCCCCC(C)c1ccc(O)cc1. The Balaban J connectivity index is 1.92. The van der Waals surface area contributed by atoms with E-state index in [-0.39, 0.29) is 0 Å². The van der Waals surface area contributed by atoms with Gasteiger partial charge in [0.25, 0.3) is 0 Å². The van der Waals surface area contributed by atoms with Crippen LogP contribution < -0.4 is 0 Å². The van der Waals surface area contributed by atoms with Gasteiger partial charge < -0.3 is 5.11 Å². The Bertz CT molecular complexity index is 355. The highest BCUT2D eigenvalue weighted by molar-refractivity contribution is 5.27. The quantitative estimate of drug-likeness (QED) is 0.382. The summed E-state index contributed by atoms with van der Waals surface area (Å²) in [5.41, 5.74) is 1.35. The Kier molecular flexibility index (Phi) is 10.9. The fourth-order valence-corrected chi connectivity index (χ4v) is 3.08. The molecular weight excluding hydrogens is 268 g/mol. The lowest BCUT2D eigenvalue weighted by Gasteiger charge is -2.11. The van der Waals surface area contributed by atoms with E-state index in [2.05, 4.69) is 26.0 Å². The second kappa shape index (κ2) is 12.6. The highest BCUT2D eigenvalue weighted by Gasteiger charge is 2.05. The van der Waals surface area contributed by atoms with Crippen molar-refractivity contribution in [2.24, 2.45) is 0 Å². The van der Waals surface area contributed by atoms with Gasteiger partial charge in [0.05, 0.1) is 0 Å². The van der Waals surface area contributed by atoms with Crippen molar-refractivity contribution >= 4 is 0 Å². The summed E-state index contributed by atoms with van der Waals surface area (Å²) < 4.78 is 0. The van der Waals surface area contributed by atoms with Crippen molar-refractivity contribution in [3.05, 3.63) is 29.8 Å². The maximum absolute atomic E-state index is 9.32. The molecule has 0 heterocycles. The molecule has 1 heteroatoms. The van der Waals surface area contributed by atoms with Crippen molar-refractivity contribution in [2.45, 2.75) is 96.8 Å². The molecule has 1 aromatic carbocycles. The molecule has 1 rings (SSSR count). The van der Waals surface area contributed by atoms with Crippen molar-refractivity contribution in [3.63, 3.8) is 0 Å². The Morgan fingerprint density at radius 1 is 0.727 bits per heavy atom. The number of unbranched alkanes of at least 4 members (excludes halogenated alkanes) is 10. The van der Waals surface area contributed by atoms with E-state index in [9.17, 15) is 5.11 Å². The van der Waals surface area contributed by atoms with Gasteiger partial charge in [-0.2, -0.15) is 0 Å². The Labute approximate surface area is 138 Å². The highest BCUT2D eigenvalue weighted by atomic mass is 16.3. The van der Waals surface area contributed by atoms with Gasteiger partial charge in [-0.25, -0.2) is 0 Å². The number of rotatable bonds is 13. The number of phenols is 1. The molecule has 22 heavy (non-hydrogen) atoms. The van der Waals surface area contributed by atoms with Crippen molar-refractivity contribution in [3.8, 4) is 5.75 Å². The zero-order chi connectivity index (χ0) is 16.0. The highest BCUT2D eigenvalue weighted by Crippen LogP contribution is 2.24. The summed E-state index contributed by atoms with van der Waals surface area (Å²) in [5, 5.41) is 9.32. The van der Waals surface area contributed by atoms with E-state index in [1.54, 1.807) is 12.1 Å². The normalized spacial score (nSPS) is 12.5. The third kappa shape index (κ3) is 9.12. The van der Waals surface area contributed by atoms with Crippen LogP contribution in [0.15, 0.2) is 24.3 Å². The van der Waals surface area contributed by atoms with Gasteiger partial charge in [-0.1, -0.05) is 96.6 Å². The van der Waals surface area contributed by atoms with E-state index in [0.717, 1.165) is 0 Å². The topological polar surface area (TPSA) is 20.2 Å². The molecule has 0 spiro atoms. The molecule has 1 nitrogen and oxygen atoms in total. The lowest BCUT2D eigenvalue weighted by molar-refractivity contribution is 0.474. The monoisotopic (exact) mass is 304 g/mol. The van der Waals surface area contributed by atoms with Crippen LogP contribution in [0, 0.1) is 0 Å². The number of phenolic OH excluding ortho intramolecular Hbond substituents is 1. The van der Waals surface area contributed by atoms with E-state index < -0.39 is 0 Å². The molecule has 1 unspecified atom stereocenters. The van der Waals surface area contributed by atoms with Crippen molar-refractivity contribution in [1.29, 1.82) is 0 Å². The third-order valence-corrected chi connectivity index (χ3v) is 4.70. The van der Waals surface area contributed by atoms with Crippen molar-refractivity contribution in [1.82, 2.24) is 0 Å². The fraction of sp³-hybridized carbons (Fsp3) is 0.714. The maximum atomic E-state index is 9.32. The minimum atomic E-state index is 0.366. The maximum Gasteiger partial charge on any atom is 0.115 e. The number of aromatic hydroxyl groups is 1. The molecule has 0 aliphatic carbocycles. The predicted octanol–water partition coefficient (Wildman–Crippen LogP) is 7.20. The zero-order valence-electron chi connectivity index (χ0n) is 14.8. The van der Waals surface area contributed by atoms with Gasteiger partial charge in [0, 0.05) is 0 Å². The van der Waals surface area contributed by atoms with Crippen LogP contribution in [0.4, 0.5) is 0 Å². The number of hydrogen-bond donors (Lipinski definition) is 1. The number of hydrogen-bond acceptors (Lipinski definition) is 1. The van der Waals surface area contributed by atoms with Crippen molar-refractivity contribution in [2.75, 3.05) is 0 Å². The molecule has 0 saturated carbocycles. The van der Waals surface area contributed by atoms with Gasteiger partial charge in [-0.15, -0.1) is 0 Å². The Morgan fingerprint density at radius 3 is 1.68 bits per heavy atom. The molecule has 0 saturated heterocycles. The molecule has 1 N–H and O–H groups in total. The first-order valence-corrected chi connectivity index (χ1v) is 9.53. The zero-order valence-corrected chi connectivity index (χ0v) is 14.8. The minimum absolute atomic E-state index is 0.366. The second-order valence-electron chi connectivity index (χ2n) is 6.82. The molecular formula is C21H36O. The van der Waals surface area contributed by atoms with Crippen LogP contribution in [-0.2, 0) is 0 Å². The van der Waals surface area contributed by atoms with Gasteiger partial charge in [-0.05, 0) is 30.0 Å². The predicted molar refractivity (Wildman–Crippen MR) is 97.6 cm³/mol. The molecule has 1 atom stereocenters. The molecule has 0 aliphatic rings. The van der Waals surface area contributed by atoms with Gasteiger partial charge in [0.2, 0.25) is 0 Å². The summed E-state index contributed by atoms with van der Waals surface area (Å²) in [4.78, 5) is 0. The average Bonchev–Trinajstić information content (AvgIpc) is 2.53. The van der Waals surface area contributed by atoms with Crippen LogP contribution in [0.2, 0.25) is 0 Å². The summed E-state index contributed by atoms with van der Waals surface area (Å²) in [6, 6.07) is 7.70.